The lowest BCUT2D eigenvalue weighted by atomic mass is 10.0. The van der Waals surface area contributed by atoms with Crippen molar-refractivity contribution in [2.24, 2.45) is 0 Å². The molecule has 0 spiro atoms. The number of fused-ring (bicyclic) bond motifs is 8. The lowest BCUT2D eigenvalue weighted by Gasteiger charge is -2.27. The Bertz CT molecular complexity index is 2970. The summed E-state index contributed by atoms with van der Waals surface area (Å²) in [6.07, 6.45) is 0. The maximum atomic E-state index is 6.77. The molecule has 8 aromatic carbocycles. The van der Waals surface area contributed by atoms with Gasteiger partial charge in [0.1, 0.15) is 11.2 Å². The fourth-order valence-corrected chi connectivity index (χ4v) is 8.06. The Labute approximate surface area is 300 Å². The number of rotatable bonds is 5. The molecule has 0 amide bonds. The van der Waals surface area contributed by atoms with Gasteiger partial charge in [-0.2, -0.15) is 0 Å². The van der Waals surface area contributed by atoms with Gasteiger partial charge in [0.05, 0.1) is 27.8 Å². The average Bonchev–Trinajstić information content (AvgIpc) is 3.77. The van der Waals surface area contributed by atoms with E-state index in [2.05, 4.69) is 179 Å². The molecule has 0 bridgehead atoms. The number of para-hydroxylation sites is 4. The first-order valence-corrected chi connectivity index (χ1v) is 17.6. The third kappa shape index (κ3) is 4.28. The van der Waals surface area contributed by atoms with Crippen LogP contribution in [0.15, 0.2) is 186 Å². The molecule has 0 atom stereocenters. The summed E-state index contributed by atoms with van der Waals surface area (Å²) in [6, 6.07) is 64.1. The summed E-state index contributed by atoms with van der Waals surface area (Å²) in [5.41, 5.74) is 12.7. The zero-order valence-corrected chi connectivity index (χ0v) is 28.0. The van der Waals surface area contributed by atoms with Crippen LogP contribution in [0.3, 0.4) is 0 Å². The zero-order valence-electron chi connectivity index (χ0n) is 28.0. The van der Waals surface area contributed by atoms with Crippen molar-refractivity contribution in [1.82, 2.24) is 4.57 Å². The van der Waals surface area contributed by atoms with Crippen LogP contribution in [0.1, 0.15) is 0 Å². The van der Waals surface area contributed by atoms with Crippen molar-refractivity contribution in [1.29, 1.82) is 0 Å². The highest BCUT2D eigenvalue weighted by molar-refractivity contribution is 6.14. The number of nitrogens with zero attached hydrogens (tertiary/aromatic N) is 2. The lowest BCUT2D eigenvalue weighted by Crippen LogP contribution is -2.10. The highest BCUT2D eigenvalue weighted by atomic mass is 16.5. The average molecular weight is 667 g/mol. The van der Waals surface area contributed by atoms with Crippen LogP contribution < -0.4 is 9.64 Å². The van der Waals surface area contributed by atoms with Gasteiger partial charge >= 0.3 is 0 Å². The first-order valence-electron chi connectivity index (χ1n) is 17.6. The van der Waals surface area contributed by atoms with E-state index in [0.717, 1.165) is 72.8 Å². The molecule has 0 saturated heterocycles. The second-order valence-electron chi connectivity index (χ2n) is 13.3. The summed E-state index contributed by atoms with van der Waals surface area (Å²) in [4.78, 5) is 2.33. The molecule has 10 aromatic rings. The van der Waals surface area contributed by atoms with E-state index in [0.29, 0.717) is 0 Å². The molecule has 0 radical (unpaired) electrons. The second kappa shape index (κ2) is 11.2. The quantitative estimate of drug-likeness (QED) is 0.183. The lowest BCUT2D eigenvalue weighted by molar-refractivity contribution is 0.478. The van der Waals surface area contributed by atoms with Gasteiger partial charge in [0.15, 0.2) is 11.5 Å². The van der Waals surface area contributed by atoms with Crippen LogP contribution in [0, 0.1) is 0 Å². The van der Waals surface area contributed by atoms with Gasteiger partial charge in [0.25, 0.3) is 0 Å². The summed E-state index contributed by atoms with van der Waals surface area (Å²) in [6.45, 7) is 0. The molecule has 4 nitrogen and oxygen atoms in total. The van der Waals surface area contributed by atoms with E-state index in [9.17, 15) is 0 Å². The smallest absolute Gasteiger partial charge is 0.159 e. The van der Waals surface area contributed by atoms with Crippen LogP contribution in [0.25, 0.3) is 71.7 Å². The van der Waals surface area contributed by atoms with Crippen LogP contribution in [0.4, 0.5) is 17.1 Å². The van der Waals surface area contributed by atoms with Crippen LogP contribution >= 0.6 is 0 Å². The molecule has 1 aliphatic rings. The molecule has 0 unspecified atom stereocenters. The molecule has 11 rings (SSSR count). The summed E-state index contributed by atoms with van der Waals surface area (Å²) in [7, 11) is 0. The fraction of sp³-hybridized carbons (Fsp3) is 0. The van der Waals surface area contributed by atoms with E-state index in [1.165, 1.54) is 27.4 Å². The van der Waals surface area contributed by atoms with Crippen molar-refractivity contribution in [3.8, 4) is 39.4 Å². The summed E-state index contributed by atoms with van der Waals surface area (Å²) < 4.78 is 15.5. The van der Waals surface area contributed by atoms with E-state index in [-0.39, 0.29) is 0 Å². The van der Waals surface area contributed by atoms with Crippen molar-refractivity contribution in [3.05, 3.63) is 182 Å². The number of hydrogen-bond acceptors (Lipinski definition) is 3. The van der Waals surface area contributed by atoms with Gasteiger partial charge in [-0.15, -0.1) is 0 Å². The minimum absolute atomic E-state index is 0.861. The molecule has 0 saturated carbocycles. The Morgan fingerprint density at radius 2 is 1.08 bits per heavy atom. The van der Waals surface area contributed by atoms with E-state index < -0.39 is 0 Å². The molecule has 2 aromatic heterocycles. The standard InChI is InChI=1S/C48H30N2O2/c1-2-11-31(12-3-1)32-23-27-34(28-24-32)49(41-18-10-21-44-46(41)39-14-5-7-20-43(39)51-44)35-29-25-33(26-30-35)36-15-8-19-42-48(36)52-45-22-9-16-38-37-13-4-6-17-40(37)50(42)47(38)45/h1-30H. The van der Waals surface area contributed by atoms with Crippen LogP contribution in [0.2, 0.25) is 0 Å². The van der Waals surface area contributed by atoms with E-state index in [1.807, 2.05) is 12.1 Å². The summed E-state index contributed by atoms with van der Waals surface area (Å²) in [5.74, 6) is 1.73. The zero-order chi connectivity index (χ0) is 34.2. The number of anilines is 3. The van der Waals surface area contributed by atoms with Crippen molar-refractivity contribution < 1.29 is 9.15 Å². The van der Waals surface area contributed by atoms with Crippen molar-refractivity contribution in [2.45, 2.75) is 0 Å². The van der Waals surface area contributed by atoms with E-state index >= 15 is 0 Å². The number of ether oxygens (including phenoxy) is 1. The van der Waals surface area contributed by atoms with Crippen molar-refractivity contribution >= 4 is 60.8 Å². The summed E-state index contributed by atoms with van der Waals surface area (Å²) in [5, 5.41) is 4.60. The molecule has 1 aliphatic heterocycles. The number of benzene rings is 8. The normalized spacial score (nSPS) is 12.0. The third-order valence-electron chi connectivity index (χ3n) is 10.4. The van der Waals surface area contributed by atoms with Crippen molar-refractivity contribution in [3.63, 3.8) is 0 Å². The Hall–Kier alpha value is -7.04. The Kier molecular flexibility index (Phi) is 6.22. The predicted molar refractivity (Wildman–Crippen MR) is 214 cm³/mol. The molecule has 3 heterocycles. The maximum Gasteiger partial charge on any atom is 0.159 e. The highest BCUT2D eigenvalue weighted by Crippen LogP contribution is 2.49. The molecule has 244 valence electrons. The Morgan fingerprint density at radius 3 is 1.90 bits per heavy atom. The van der Waals surface area contributed by atoms with Gasteiger partial charge in [-0.05, 0) is 77.4 Å². The van der Waals surface area contributed by atoms with E-state index in [4.69, 9.17) is 9.15 Å². The highest BCUT2D eigenvalue weighted by Gasteiger charge is 2.26. The van der Waals surface area contributed by atoms with Gasteiger partial charge < -0.3 is 18.6 Å². The topological polar surface area (TPSA) is 30.5 Å². The molecule has 52 heavy (non-hydrogen) atoms. The number of furan rings is 1. The van der Waals surface area contributed by atoms with Gasteiger partial charge in [-0.1, -0.05) is 121 Å². The number of hydrogen-bond donors (Lipinski definition) is 0. The first kappa shape index (κ1) is 28.8. The summed E-state index contributed by atoms with van der Waals surface area (Å²) >= 11 is 0. The van der Waals surface area contributed by atoms with Crippen LogP contribution in [-0.2, 0) is 0 Å². The van der Waals surface area contributed by atoms with Crippen LogP contribution in [-0.4, -0.2) is 4.57 Å². The molecule has 4 heteroatoms. The molecule has 0 fully saturated rings. The SMILES string of the molecule is c1ccc(-c2ccc(N(c3ccc(-c4cccc5c4Oc4cccc6c7ccccc7n-5c46)cc3)c3cccc4oc5ccccc5c34)cc2)cc1. The first-order chi connectivity index (χ1) is 25.8. The third-order valence-corrected chi connectivity index (χ3v) is 10.4. The minimum atomic E-state index is 0.861. The molecule has 0 N–H and O–H groups in total. The molecular weight excluding hydrogens is 637 g/mol. The van der Waals surface area contributed by atoms with E-state index in [1.54, 1.807) is 0 Å². The van der Waals surface area contributed by atoms with Crippen molar-refractivity contribution in [2.75, 3.05) is 4.90 Å². The molecular formula is C48H30N2O2. The Balaban J connectivity index is 1.06. The monoisotopic (exact) mass is 666 g/mol. The Morgan fingerprint density at radius 1 is 0.442 bits per heavy atom. The predicted octanol–water partition coefficient (Wildman–Crippen LogP) is 13.6. The maximum absolute atomic E-state index is 6.77. The molecule has 0 aliphatic carbocycles. The van der Waals surface area contributed by atoms with Crippen LogP contribution in [0.5, 0.6) is 11.5 Å². The number of aromatic nitrogens is 1. The second-order valence-corrected chi connectivity index (χ2v) is 13.3. The van der Waals surface area contributed by atoms with Gasteiger partial charge in [0.2, 0.25) is 0 Å². The minimum Gasteiger partial charge on any atom is -0.456 e. The van der Waals surface area contributed by atoms with Gasteiger partial charge in [0, 0.05) is 33.1 Å². The largest absolute Gasteiger partial charge is 0.456 e. The van der Waals surface area contributed by atoms with Gasteiger partial charge in [-0.25, -0.2) is 0 Å². The van der Waals surface area contributed by atoms with Gasteiger partial charge in [-0.3, -0.25) is 0 Å². The fourth-order valence-electron chi connectivity index (χ4n) is 8.06.